The number of fused-ring (bicyclic) bond motifs is 2. The summed E-state index contributed by atoms with van der Waals surface area (Å²) in [4.78, 5) is 4.69. The molecular formula is C21H19NO3. The summed E-state index contributed by atoms with van der Waals surface area (Å²) in [6.45, 7) is 3.18. The van der Waals surface area contributed by atoms with Crippen LogP contribution in [0.5, 0.6) is 17.2 Å². The highest BCUT2D eigenvalue weighted by Gasteiger charge is 2.17. The van der Waals surface area contributed by atoms with Crippen LogP contribution >= 0.6 is 0 Å². The van der Waals surface area contributed by atoms with Crippen molar-refractivity contribution in [1.29, 1.82) is 0 Å². The van der Waals surface area contributed by atoms with E-state index in [-0.39, 0.29) is 0 Å². The Morgan fingerprint density at radius 2 is 1.88 bits per heavy atom. The molecular weight excluding hydrogens is 314 g/mol. The molecule has 0 fully saturated rings. The maximum atomic E-state index is 5.67. The van der Waals surface area contributed by atoms with Gasteiger partial charge in [0.25, 0.3) is 0 Å². The SMILES string of the molecule is COc1cc(/C=C/c2ccc3cc(C)ccc3n2)cc2c1OCCO2. The summed E-state index contributed by atoms with van der Waals surface area (Å²) in [5.74, 6) is 2.07. The minimum Gasteiger partial charge on any atom is -0.493 e. The van der Waals surface area contributed by atoms with Crippen LogP contribution in [0.1, 0.15) is 16.8 Å². The van der Waals surface area contributed by atoms with Gasteiger partial charge in [0.15, 0.2) is 11.5 Å². The van der Waals surface area contributed by atoms with Crippen molar-refractivity contribution in [2.75, 3.05) is 20.3 Å². The van der Waals surface area contributed by atoms with Crippen molar-refractivity contribution in [1.82, 2.24) is 4.98 Å². The highest BCUT2D eigenvalue weighted by atomic mass is 16.6. The Morgan fingerprint density at radius 3 is 2.76 bits per heavy atom. The summed E-state index contributed by atoms with van der Waals surface area (Å²) in [5, 5.41) is 1.15. The molecule has 0 radical (unpaired) electrons. The average molecular weight is 333 g/mol. The Hall–Kier alpha value is -3.01. The Balaban J connectivity index is 1.66. The van der Waals surface area contributed by atoms with Gasteiger partial charge in [0, 0.05) is 5.39 Å². The lowest BCUT2D eigenvalue weighted by molar-refractivity contribution is 0.165. The molecule has 0 unspecified atom stereocenters. The molecule has 4 heteroatoms. The number of methoxy groups -OCH3 is 1. The second-order valence-electron chi connectivity index (χ2n) is 6.01. The Morgan fingerprint density at radius 1 is 1.00 bits per heavy atom. The van der Waals surface area contributed by atoms with E-state index >= 15 is 0 Å². The largest absolute Gasteiger partial charge is 0.493 e. The van der Waals surface area contributed by atoms with Crippen molar-refractivity contribution in [2.45, 2.75) is 6.92 Å². The molecule has 2 heterocycles. The lowest BCUT2D eigenvalue weighted by atomic mass is 10.1. The number of aromatic nitrogens is 1. The van der Waals surface area contributed by atoms with Gasteiger partial charge in [0.2, 0.25) is 5.75 Å². The number of ether oxygens (including phenoxy) is 3. The van der Waals surface area contributed by atoms with Gasteiger partial charge in [-0.25, -0.2) is 4.98 Å². The number of hydrogen-bond acceptors (Lipinski definition) is 4. The van der Waals surface area contributed by atoms with Gasteiger partial charge < -0.3 is 14.2 Å². The number of pyridine rings is 1. The summed E-state index contributed by atoms with van der Waals surface area (Å²) in [7, 11) is 1.63. The van der Waals surface area contributed by atoms with Crippen molar-refractivity contribution in [3.8, 4) is 17.2 Å². The third-order valence-corrected chi connectivity index (χ3v) is 4.16. The lowest BCUT2D eigenvalue weighted by Crippen LogP contribution is -2.16. The van der Waals surface area contributed by atoms with Crippen LogP contribution < -0.4 is 14.2 Å². The number of aryl methyl sites for hydroxylation is 1. The first-order valence-corrected chi connectivity index (χ1v) is 8.26. The molecule has 0 spiro atoms. The first kappa shape index (κ1) is 15.5. The number of nitrogens with zero attached hydrogens (tertiary/aromatic N) is 1. The van der Waals surface area contributed by atoms with E-state index < -0.39 is 0 Å². The zero-order valence-electron chi connectivity index (χ0n) is 14.3. The van der Waals surface area contributed by atoms with Crippen molar-refractivity contribution >= 4 is 23.1 Å². The van der Waals surface area contributed by atoms with Gasteiger partial charge in [-0.15, -0.1) is 0 Å². The molecule has 4 rings (SSSR count). The van der Waals surface area contributed by atoms with E-state index in [1.54, 1.807) is 7.11 Å². The van der Waals surface area contributed by atoms with Gasteiger partial charge in [-0.05, 0) is 48.9 Å². The molecule has 2 aromatic carbocycles. The summed E-state index contributed by atoms with van der Waals surface area (Å²) < 4.78 is 16.7. The first-order chi connectivity index (χ1) is 12.2. The summed E-state index contributed by atoms with van der Waals surface area (Å²) in [6, 6.07) is 14.3. The standard InChI is InChI=1S/C21H19NO3/c1-14-3-8-18-16(11-14)5-7-17(22-18)6-4-15-12-19(23-2)21-20(13-15)24-9-10-25-21/h3-8,11-13H,9-10H2,1-2H3/b6-4+. The van der Waals surface area contributed by atoms with Crippen molar-refractivity contribution in [3.05, 3.63) is 59.3 Å². The fraction of sp³-hybridized carbons (Fsp3) is 0.190. The van der Waals surface area contributed by atoms with E-state index in [0.29, 0.717) is 30.5 Å². The van der Waals surface area contributed by atoms with E-state index in [1.165, 1.54) is 5.56 Å². The molecule has 3 aromatic rings. The molecule has 0 N–H and O–H groups in total. The number of benzene rings is 2. The summed E-state index contributed by atoms with van der Waals surface area (Å²) >= 11 is 0. The summed E-state index contributed by atoms with van der Waals surface area (Å²) in [6.07, 6.45) is 3.99. The molecule has 0 amide bonds. The van der Waals surface area contributed by atoms with E-state index in [0.717, 1.165) is 22.2 Å². The van der Waals surface area contributed by atoms with Gasteiger partial charge in [-0.1, -0.05) is 23.8 Å². The third kappa shape index (κ3) is 3.15. The van der Waals surface area contributed by atoms with Gasteiger partial charge in [-0.2, -0.15) is 0 Å². The summed E-state index contributed by atoms with van der Waals surface area (Å²) in [5.41, 5.74) is 4.12. The van der Waals surface area contributed by atoms with Crippen molar-refractivity contribution in [3.63, 3.8) is 0 Å². The smallest absolute Gasteiger partial charge is 0.203 e. The van der Waals surface area contributed by atoms with E-state index in [9.17, 15) is 0 Å². The van der Waals surface area contributed by atoms with Gasteiger partial charge in [0.1, 0.15) is 13.2 Å². The molecule has 4 nitrogen and oxygen atoms in total. The zero-order chi connectivity index (χ0) is 17.2. The minimum atomic E-state index is 0.541. The predicted octanol–water partition coefficient (Wildman–Crippen LogP) is 4.49. The zero-order valence-corrected chi connectivity index (χ0v) is 14.3. The van der Waals surface area contributed by atoms with Crippen LogP contribution in [0.4, 0.5) is 0 Å². The molecule has 0 bridgehead atoms. The molecule has 1 aliphatic heterocycles. The molecule has 0 saturated heterocycles. The first-order valence-electron chi connectivity index (χ1n) is 8.26. The minimum absolute atomic E-state index is 0.541. The second-order valence-corrected chi connectivity index (χ2v) is 6.01. The van der Waals surface area contributed by atoms with Crippen LogP contribution in [-0.4, -0.2) is 25.3 Å². The molecule has 0 atom stereocenters. The van der Waals surface area contributed by atoms with Gasteiger partial charge in [-0.3, -0.25) is 0 Å². The maximum absolute atomic E-state index is 5.67. The predicted molar refractivity (Wildman–Crippen MR) is 99.4 cm³/mol. The van der Waals surface area contributed by atoms with Crippen LogP contribution in [0.15, 0.2) is 42.5 Å². The second kappa shape index (κ2) is 6.48. The van der Waals surface area contributed by atoms with Crippen molar-refractivity contribution < 1.29 is 14.2 Å². The normalized spacial score (nSPS) is 13.4. The van der Waals surface area contributed by atoms with Crippen molar-refractivity contribution in [2.24, 2.45) is 0 Å². The lowest BCUT2D eigenvalue weighted by Gasteiger charge is -2.20. The van der Waals surface area contributed by atoms with Crippen LogP contribution in [0.25, 0.3) is 23.1 Å². The highest BCUT2D eigenvalue weighted by molar-refractivity contribution is 5.81. The van der Waals surface area contributed by atoms with Gasteiger partial charge >= 0.3 is 0 Å². The number of hydrogen-bond donors (Lipinski definition) is 0. The highest BCUT2D eigenvalue weighted by Crippen LogP contribution is 2.40. The monoisotopic (exact) mass is 333 g/mol. The molecule has 1 aliphatic rings. The van der Waals surface area contributed by atoms with Crippen LogP contribution in [0.3, 0.4) is 0 Å². The van der Waals surface area contributed by atoms with Crippen LogP contribution in [-0.2, 0) is 0 Å². The maximum Gasteiger partial charge on any atom is 0.203 e. The average Bonchev–Trinajstić information content (AvgIpc) is 2.65. The topological polar surface area (TPSA) is 40.6 Å². The molecule has 126 valence electrons. The molecule has 0 aliphatic carbocycles. The molecule has 0 saturated carbocycles. The fourth-order valence-electron chi connectivity index (χ4n) is 2.92. The van der Waals surface area contributed by atoms with E-state index in [2.05, 4.69) is 36.2 Å². The van der Waals surface area contributed by atoms with Crippen LogP contribution in [0.2, 0.25) is 0 Å². The van der Waals surface area contributed by atoms with E-state index in [1.807, 2.05) is 30.4 Å². The molecule has 1 aromatic heterocycles. The third-order valence-electron chi connectivity index (χ3n) is 4.16. The Labute approximate surface area is 146 Å². The fourth-order valence-corrected chi connectivity index (χ4v) is 2.92. The van der Waals surface area contributed by atoms with Gasteiger partial charge in [0.05, 0.1) is 18.3 Å². The number of rotatable bonds is 3. The Kier molecular flexibility index (Phi) is 4.02. The molecule has 25 heavy (non-hydrogen) atoms. The van der Waals surface area contributed by atoms with Crippen LogP contribution in [0, 0.1) is 6.92 Å². The Bertz CT molecular complexity index is 946. The van der Waals surface area contributed by atoms with E-state index in [4.69, 9.17) is 14.2 Å². The quantitative estimate of drug-likeness (QED) is 0.708.